The van der Waals surface area contributed by atoms with Crippen LogP contribution in [0.25, 0.3) is 0 Å². The van der Waals surface area contributed by atoms with Crippen LogP contribution >= 0.6 is 38.5 Å². The van der Waals surface area contributed by atoms with Gasteiger partial charge >= 0.3 is 0 Å². The Morgan fingerprint density at radius 1 is 1.32 bits per heavy atom. The average molecular weight is 433 g/mol. The number of pyridine rings is 1. The monoisotopic (exact) mass is 432 g/mol. The van der Waals surface area contributed by atoms with Crippen LogP contribution in [0.5, 0.6) is 5.75 Å². The summed E-state index contributed by atoms with van der Waals surface area (Å²) in [6.45, 7) is 0. The van der Waals surface area contributed by atoms with Crippen LogP contribution < -0.4 is 10.1 Å². The molecule has 0 spiro atoms. The van der Waals surface area contributed by atoms with Gasteiger partial charge in [-0.25, -0.2) is 0 Å². The number of halogens is 2. The molecule has 0 fully saturated rings. The molecule has 0 radical (unpaired) electrons. The summed E-state index contributed by atoms with van der Waals surface area (Å²) in [6.07, 6.45) is 3.57. The Hall–Kier alpha value is -0.660. The molecule has 5 heteroatoms. The highest BCUT2D eigenvalue weighted by Gasteiger charge is 2.16. The molecular formula is C14H14BrIN2O. The van der Waals surface area contributed by atoms with Gasteiger partial charge in [0.15, 0.2) is 0 Å². The minimum Gasteiger partial charge on any atom is -0.495 e. The zero-order valence-electron chi connectivity index (χ0n) is 10.7. The number of nitrogens with one attached hydrogen (secondary N) is 1. The molecule has 0 aliphatic heterocycles. The van der Waals surface area contributed by atoms with E-state index in [1.165, 1.54) is 9.13 Å². The Bertz CT molecular complexity index is 577. The summed E-state index contributed by atoms with van der Waals surface area (Å²) in [6, 6.07) is 8.36. The lowest BCUT2D eigenvalue weighted by atomic mass is 10.0. The normalized spacial score (nSPS) is 12.2. The highest BCUT2D eigenvalue weighted by molar-refractivity contribution is 14.1. The van der Waals surface area contributed by atoms with E-state index in [1.807, 2.05) is 25.4 Å². The predicted molar refractivity (Wildman–Crippen MR) is 88.6 cm³/mol. The molecule has 1 unspecified atom stereocenters. The third-order valence-electron chi connectivity index (χ3n) is 2.86. The first-order valence-corrected chi connectivity index (χ1v) is 7.64. The molecule has 0 aliphatic rings. The van der Waals surface area contributed by atoms with E-state index in [4.69, 9.17) is 4.74 Å². The van der Waals surface area contributed by atoms with Crippen molar-refractivity contribution in [3.63, 3.8) is 0 Å². The third-order valence-corrected chi connectivity index (χ3v) is 4.34. The molecule has 0 saturated heterocycles. The largest absolute Gasteiger partial charge is 0.495 e. The molecular weight excluding hydrogens is 419 g/mol. The van der Waals surface area contributed by atoms with Crippen molar-refractivity contribution in [1.29, 1.82) is 0 Å². The Morgan fingerprint density at radius 2 is 2.11 bits per heavy atom. The lowest BCUT2D eigenvalue weighted by molar-refractivity contribution is 0.411. The SMILES string of the molecule is CNC(c1cncc(OC)c1)c1cc(Br)ccc1I. The molecule has 2 rings (SSSR count). The first kappa shape index (κ1) is 14.7. The Kier molecular flexibility index (Phi) is 5.18. The maximum atomic E-state index is 5.24. The average Bonchev–Trinajstić information content (AvgIpc) is 2.44. The third kappa shape index (κ3) is 3.46. The number of hydrogen-bond acceptors (Lipinski definition) is 3. The Labute approximate surface area is 135 Å². The highest BCUT2D eigenvalue weighted by Crippen LogP contribution is 2.29. The first-order valence-electron chi connectivity index (χ1n) is 5.77. The van der Waals surface area contributed by atoms with Crippen molar-refractivity contribution >= 4 is 38.5 Å². The molecule has 1 aromatic heterocycles. The molecule has 1 N–H and O–H groups in total. The van der Waals surface area contributed by atoms with Crippen molar-refractivity contribution in [3.8, 4) is 5.75 Å². The van der Waals surface area contributed by atoms with Crippen LogP contribution in [0.3, 0.4) is 0 Å². The van der Waals surface area contributed by atoms with Gasteiger partial charge in [-0.15, -0.1) is 0 Å². The number of hydrogen-bond donors (Lipinski definition) is 1. The van der Waals surface area contributed by atoms with Gasteiger partial charge in [-0.05, 0) is 65.0 Å². The summed E-state index contributed by atoms with van der Waals surface area (Å²) in [5.41, 5.74) is 2.30. The fourth-order valence-electron chi connectivity index (χ4n) is 1.94. The highest BCUT2D eigenvalue weighted by atomic mass is 127. The molecule has 1 aromatic carbocycles. The van der Waals surface area contributed by atoms with E-state index in [0.29, 0.717) is 0 Å². The minimum atomic E-state index is 0.0898. The smallest absolute Gasteiger partial charge is 0.137 e. The van der Waals surface area contributed by atoms with Crippen molar-refractivity contribution in [2.24, 2.45) is 0 Å². The number of aromatic nitrogens is 1. The van der Waals surface area contributed by atoms with Crippen molar-refractivity contribution in [1.82, 2.24) is 10.3 Å². The maximum absolute atomic E-state index is 5.24. The molecule has 0 amide bonds. The summed E-state index contributed by atoms with van der Waals surface area (Å²) < 4.78 is 7.52. The van der Waals surface area contributed by atoms with Gasteiger partial charge in [0, 0.05) is 14.2 Å². The standard InChI is InChI=1S/C14H14BrIN2O/c1-17-14(9-5-11(19-2)8-18-7-9)12-6-10(15)3-4-13(12)16/h3-8,14,17H,1-2H3. The number of nitrogens with zero attached hydrogens (tertiary/aromatic N) is 1. The fourth-order valence-corrected chi connectivity index (χ4v) is 2.97. The number of methoxy groups -OCH3 is 1. The van der Waals surface area contributed by atoms with Crippen molar-refractivity contribution < 1.29 is 4.74 Å². The van der Waals surface area contributed by atoms with E-state index in [9.17, 15) is 0 Å². The van der Waals surface area contributed by atoms with Crippen LogP contribution in [0.1, 0.15) is 17.2 Å². The Balaban J connectivity index is 2.46. The summed E-state index contributed by atoms with van der Waals surface area (Å²) >= 11 is 5.87. The lowest BCUT2D eigenvalue weighted by Crippen LogP contribution is -2.19. The molecule has 1 heterocycles. The van der Waals surface area contributed by atoms with Crippen molar-refractivity contribution in [2.75, 3.05) is 14.2 Å². The molecule has 0 bridgehead atoms. The molecule has 2 aromatic rings. The van der Waals surface area contributed by atoms with Gasteiger partial charge in [0.05, 0.1) is 19.3 Å². The number of ether oxygens (including phenoxy) is 1. The maximum Gasteiger partial charge on any atom is 0.137 e. The molecule has 1 atom stereocenters. The zero-order valence-corrected chi connectivity index (χ0v) is 14.4. The van der Waals surface area contributed by atoms with Crippen molar-refractivity contribution in [3.05, 3.63) is 55.8 Å². The van der Waals surface area contributed by atoms with Gasteiger partial charge in [0.2, 0.25) is 0 Å². The van der Waals surface area contributed by atoms with E-state index in [2.05, 4.69) is 61.0 Å². The summed E-state index contributed by atoms with van der Waals surface area (Å²) in [5, 5.41) is 3.33. The topological polar surface area (TPSA) is 34.2 Å². The summed E-state index contributed by atoms with van der Waals surface area (Å²) in [7, 11) is 3.60. The molecule has 0 saturated carbocycles. The van der Waals surface area contributed by atoms with Gasteiger partial charge in [0.1, 0.15) is 5.75 Å². The molecule has 19 heavy (non-hydrogen) atoms. The van der Waals surface area contributed by atoms with E-state index >= 15 is 0 Å². The second-order valence-electron chi connectivity index (χ2n) is 4.05. The van der Waals surface area contributed by atoms with Gasteiger partial charge in [-0.2, -0.15) is 0 Å². The van der Waals surface area contributed by atoms with Crippen LogP contribution in [0.4, 0.5) is 0 Å². The second kappa shape index (κ2) is 6.67. The molecule has 3 nitrogen and oxygen atoms in total. The minimum absolute atomic E-state index is 0.0898. The van der Waals surface area contributed by atoms with Gasteiger partial charge < -0.3 is 10.1 Å². The molecule has 100 valence electrons. The summed E-state index contributed by atoms with van der Waals surface area (Å²) in [4.78, 5) is 4.22. The van der Waals surface area contributed by atoms with Gasteiger partial charge in [0.25, 0.3) is 0 Å². The van der Waals surface area contributed by atoms with Crippen LogP contribution in [0.2, 0.25) is 0 Å². The lowest BCUT2D eigenvalue weighted by Gasteiger charge is -2.19. The number of rotatable bonds is 4. The van der Waals surface area contributed by atoms with Crippen LogP contribution in [-0.4, -0.2) is 19.1 Å². The number of benzene rings is 1. The fraction of sp³-hybridized carbons (Fsp3) is 0.214. The molecule has 0 aliphatic carbocycles. The Morgan fingerprint density at radius 3 is 2.79 bits per heavy atom. The second-order valence-corrected chi connectivity index (χ2v) is 6.12. The van der Waals surface area contributed by atoms with Crippen molar-refractivity contribution in [2.45, 2.75) is 6.04 Å². The summed E-state index contributed by atoms with van der Waals surface area (Å²) in [5.74, 6) is 0.766. The van der Waals surface area contributed by atoms with Crippen LogP contribution in [0.15, 0.2) is 41.1 Å². The van der Waals surface area contributed by atoms with E-state index in [-0.39, 0.29) is 6.04 Å². The van der Waals surface area contributed by atoms with E-state index < -0.39 is 0 Å². The van der Waals surface area contributed by atoms with E-state index in [0.717, 1.165) is 15.8 Å². The predicted octanol–water partition coefficient (Wildman–Crippen LogP) is 3.77. The zero-order chi connectivity index (χ0) is 13.8. The quantitative estimate of drug-likeness (QED) is 0.747. The van der Waals surface area contributed by atoms with Crippen LogP contribution in [-0.2, 0) is 0 Å². The van der Waals surface area contributed by atoms with Gasteiger partial charge in [-0.3, -0.25) is 4.98 Å². The first-order chi connectivity index (χ1) is 9.15. The van der Waals surface area contributed by atoms with Gasteiger partial charge in [-0.1, -0.05) is 15.9 Å². The van der Waals surface area contributed by atoms with Crippen LogP contribution in [0, 0.1) is 3.57 Å². The van der Waals surface area contributed by atoms with E-state index in [1.54, 1.807) is 13.3 Å².